The Morgan fingerprint density at radius 1 is 1.38 bits per heavy atom. The van der Waals surface area contributed by atoms with Crippen LogP contribution in [0.5, 0.6) is 5.75 Å². The van der Waals surface area contributed by atoms with Gasteiger partial charge in [-0.25, -0.2) is 4.98 Å². The van der Waals surface area contributed by atoms with Crippen molar-refractivity contribution >= 4 is 28.4 Å². The Bertz CT molecular complexity index is 725. The molecule has 1 aromatic carbocycles. The summed E-state index contributed by atoms with van der Waals surface area (Å²) in [6, 6.07) is 7.07. The lowest BCUT2D eigenvalue weighted by atomic mass is 10.1. The van der Waals surface area contributed by atoms with Crippen LogP contribution >= 0.6 is 22.6 Å². The molecule has 1 aromatic heterocycles. The lowest BCUT2D eigenvalue weighted by Crippen LogP contribution is -2.26. The molecule has 2 aromatic rings. The predicted molar refractivity (Wildman–Crippen MR) is 87.9 cm³/mol. The predicted octanol–water partition coefficient (Wildman–Crippen LogP) is 2.44. The maximum atomic E-state index is 12.0. The van der Waals surface area contributed by atoms with Crippen LogP contribution in [0.4, 0.5) is 0 Å². The van der Waals surface area contributed by atoms with Crippen molar-refractivity contribution in [2.75, 3.05) is 6.61 Å². The van der Waals surface area contributed by atoms with Crippen LogP contribution in [0, 0.1) is 10.5 Å². The van der Waals surface area contributed by atoms with Gasteiger partial charge in [0.1, 0.15) is 12.4 Å². The molecule has 0 radical (unpaired) electrons. The van der Waals surface area contributed by atoms with Gasteiger partial charge in [0.2, 0.25) is 0 Å². The highest BCUT2D eigenvalue weighted by Crippen LogP contribution is 2.18. The molecule has 110 valence electrons. The normalized spacial score (nSPS) is 10.4. The fourth-order valence-electron chi connectivity index (χ4n) is 1.84. The third-order valence-electron chi connectivity index (χ3n) is 3.01. The smallest absolute Gasteiger partial charge is 0.267 e. The quantitative estimate of drug-likeness (QED) is 0.574. The van der Waals surface area contributed by atoms with Gasteiger partial charge in [-0.05, 0) is 48.6 Å². The zero-order valence-electron chi connectivity index (χ0n) is 11.8. The fraction of sp³-hybridized carbons (Fsp3) is 0.267. The van der Waals surface area contributed by atoms with Crippen molar-refractivity contribution in [3.05, 3.63) is 55.8 Å². The summed E-state index contributed by atoms with van der Waals surface area (Å²) in [5.74, 6) is 0.488. The van der Waals surface area contributed by atoms with Gasteiger partial charge in [0.05, 0.1) is 27.7 Å². The highest BCUT2D eigenvalue weighted by molar-refractivity contribution is 14.1. The van der Waals surface area contributed by atoms with Gasteiger partial charge >= 0.3 is 0 Å². The molecule has 0 unspecified atom stereocenters. The Hall–Kier alpha value is -1.70. The molecule has 0 aliphatic rings. The number of aryl methyl sites for hydroxylation is 1. The number of Topliss-reactive ketones (excluding diaryl/α,β-unsaturated/α-hetero) is 1. The van der Waals surface area contributed by atoms with Gasteiger partial charge in [-0.3, -0.25) is 14.2 Å². The van der Waals surface area contributed by atoms with Crippen LogP contribution in [0.15, 0.2) is 35.4 Å². The SMILES string of the molecule is CC(=O)c1ccccc1OCCn1cnc(C)c(I)c1=O. The Morgan fingerprint density at radius 2 is 2.10 bits per heavy atom. The average molecular weight is 398 g/mol. The second-order valence-electron chi connectivity index (χ2n) is 4.54. The Morgan fingerprint density at radius 3 is 2.81 bits per heavy atom. The summed E-state index contributed by atoms with van der Waals surface area (Å²) in [5.41, 5.74) is 1.19. The van der Waals surface area contributed by atoms with Crippen LogP contribution in [0.2, 0.25) is 0 Å². The third kappa shape index (κ3) is 3.69. The number of nitrogens with zero attached hydrogens (tertiary/aromatic N) is 2. The number of benzene rings is 1. The summed E-state index contributed by atoms with van der Waals surface area (Å²) in [5, 5.41) is 0. The van der Waals surface area contributed by atoms with Gasteiger partial charge < -0.3 is 4.74 Å². The number of carbonyl (C=O) groups excluding carboxylic acids is 1. The maximum absolute atomic E-state index is 12.0. The van der Waals surface area contributed by atoms with E-state index in [0.29, 0.717) is 28.0 Å². The van der Waals surface area contributed by atoms with E-state index in [4.69, 9.17) is 4.74 Å². The van der Waals surface area contributed by atoms with E-state index in [1.165, 1.54) is 17.8 Å². The molecular formula is C15H15IN2O3. The molecule has 0 saturated heterocycles. The van der Waals surface area contributed by atoms with E-state index in [1.54, 1.807) is 25.1 Å². The average Bonchev–Trinajstić information content (AvgIpc) is 2.47. The molecule has 0 aliphatic carbocycles. The van der Waals surface area contributed by atoms with Gasteiger partial charge in [-0.15, -0.1) is 0 Å². The summed E-state index contributed by atoms with van der Waals surface area (Å²) < 4.78 is 7.73. The molecule has 6 heteroatoms. The minimum absolute atomic E-state index is 0.0469. The molecule has 0 saturated carbocycles. The molecule has 0 spiro atoms. The zero-order chi connectivity index (χ0) is 15.4. The highest BCUT2D eigenvalue weighted by Gasteiger charge is 2.08. The minimum Gasteiger partial charge on any atom is -0.491 e. The molecular weight excluding hydrogens is 383 g/mol. The van der Waals surface area contributed by atoms with Gasteiger partial charge in [0.15, 0.2) is 5.78 Å². The number of ether oxygens (including phenoxy) is 1. The summed E-state index contributed by atoms with van der Waals surface area (Å²) in [6.45, 7) is 3.98. The minimum atomic E-state index is -0.0773. The van der Waals surface area contributed by atoms with E-state index in [9.17, 15) is 9.59 Å². The Balaban J connectivity index is 2.08. The van der Waals surface area contributed by atoms with E-state index >= 15 is 0 Å². The van der Waals surface area contributed by atoms with E-state index in [1.807, 2.05) is 28.7 Å². The van der Waals surface area contributed by atoms with Crippen LogP contribution < -0.4 is 10.3 Å². The first-order valence-electron chi connectivity index (χ1n) is 6.45. The van der Waals surface area contributed by atoms with Crippen molar-refractivity contribution < 1.29 is 9.53 Å². The number of ketones is 1. The van der Waals surface area contributed by atoms with Crippen LogP contribution in [0.1, 0.15) is 23.0 Å². The summed E-state index contributed by atoms with van der Waals surface area (Å²) in [4.78, 5) is 27.7. The first-order valence-corrected chi connectivity index (χ1v) is 7.53. The van der Waals surface area contributed by atoms with Crippen molar-refractivity contribution in [1.82, 2.24) is 9.55 Å². The topological polar surface area (TPSA) is 61.2 Å². The van der Waals surface area contributed by atoms with Crippen molar-refractivity contribution in [3.8, 4) is 5.75 Å². The fourth-order valence-corrected chi connectivity index (χ4v) is 2.29. The molecule has 2 rings (SSSR count). The molecule has 0 amide bonds. The van der Waals surface area contributed by atoms with Gasteiger partial charge in [-0.2, -0.15) is 0 Å². The van der Waals surface area contributed by atoms with Crippen LogP contribution in [-0.2, 0) is 6.54 Å². The van der Waals surface area contributed by atoms with Gasteiger partial charge in [0.25, 0.3) is 5.56 Å². The molecule has 1 heterocycles. The van der Waals surface area contributed by atoms with Crippen molar-refractivity contribution in [2.24, 2.45) is 0 Å². The van der Waals surface area contributed by atoms with E-state index in [0.717, 1.165) is 5.69 Å². The molecule has 0 aliphatic heterocycles. The summed E-state index contributed by atoms with van der Waals surface area (Å²) in [6.07, 6.45) is 1.51. The van der Waals surface area contributed by atoms with Crippen LogP contribution in [-0.4, -0.2) is 21.9 Å². The zero-order valence-corrected chi connectivity index (χ0v) is 14.0. The number of para-hydroxylation sites is 1. The van der Waals surface area contributed by atoms with Crippen LogP contribution in [0.25, 0.3) is 0 Å². The Labute approximate surface area is 136 Å². The molecule has 0 bridgehead atoms. The number of carbonyl (C=O) groups is 1. The summed E-state index contributed by atoms with van der Waals surface area (Å²) in [7, 11) is 0. The third-order valence-corrected chi connectivity index (χ3v) is 4.26. The van der Waals surface area contributed by atoms with Crippen molar-refractivity contribution in [3.63, 3.8) is 0 Å². The number of rotatable bonds is 5. The molecule has 0 atom stereocenters. The van der Waals surface area contributed by atoms with Crippen molar-refractivity contribution in [1.29, 1.82) is 0 Å². The first kappa shape index (κ1) is 15.7. The van der Waals surface area contributed by atoms with Gasteiger partial charge in [0, 0.05) is 0 Å². The monoisotopic (exact) mass is 398 g/mol. The number of aromatic nitrogens is 2. The van der Waals surface area contributed by atoms with Gasteiger partial charge in [-0.1, -0.05) is 12.1 Å². The number of hydrogen-bond acceptors (Lipinski definition) is 4. The standard InChI is InChI=1S/C15H15IN2O3/c1-10-14(16)15(20)18(9-17-10)7-8-21-13-6-4-3-5-12(13)11(2)19/h3-6,9H,7-8H2,1-2H3. The summed E-state index contributed by atoms with van der Waals surface area (Å²) >= 11 is 1.99. The largest absolute Gasteiger partial charge is 0.491 e. The van der Waals surface area contributed by atoms with E-state index in [2.05, 4.69) is 4.98 Å². The second kappa shape index (κ2) is 6.84. The molecule has 0 fully saturated rings. The van der Waals surface area contributed by atoms with Crippen molar-refractivity contribution in [2.45, 2.75) is 20.4 Å². The lowest BCUT2D eigenvalue weighted by Gasteiger charge is -2.11. The Kier molecular flexibility index (Phi) is 5.11. The molecule has 0 N–H and O–H groups in total. The lowest BCUT2D eigenvalue weighted by molar-refractivity contribution is 0.101. The highest BCUT2D eigenvalue weighted by atomic mass is 127. The molecule has 5 nitrogen and oxygen atoms in total. The molecule has 21 heavy (non-hydrogen) atoms. The van der Waals surface area contributed by atoms with E-state index in [-0.39, 0.29) is 11.3 Å². The number of halogens is 1. The maximum Gasteiger partial charge on any atom is 0.267 e. The van der Waals surface area contributed by atoms with Crippen LogP contribution in [0.3, 0.4) is 0 Å². The number of hydrogen-bond donors (Lipinski definition) is 0. The second-order valence-corrected chi connectivity index (χ2v) is 5.62. The van der Waals surface area contributed by atoms with E-state index < -0.39 is 0 Å². The first-order chi connectivity index (χ1) is 10.0.